The van der Waals surface area contributed by atoms with Crippen molar-refractivity contribution >= 4 is 54.0 Å². The largest absolute Gasteiger partial charge is 0.870 e. The van der Waals surface area contributed by atoms with Crippen LogP contribution in [0.5, 0.6) is 0 Å². The van der Waals surface area contributed by atoms with Crippen LogP contribution < -0.4 is 5.73 Å². The molecule has 0 heterocycles. The minimum absolute atomic E-state index is 0. The fourth-order valence-corrected chi connectivity index (χ4v) is 0.400. The fourth-order valence-electron chi connectivity index (χ4n) is 0.400. The van der Waals surface area contributed by atoms with Crippen LogP contribution in [-0.4, -0.2) is 70.4 Å². The summed E-state index contributed by atoms with van der Waals surface area (Å²) in [5.41, 5.74) is 8.98. The summed E-state index contributed by atoms with van der Waals surface area (Å²) in [6.07, 6.45) is 7.19. The van der Waals surface area contributed by atoms with Crippen molar-refractivity contribution in [3.05, 3.63) is 36.1 Å². The van der Waals surface area contributed by atoms with Gasteiger partial charge in [-0.2, -0.15) is 0 Å². The van der Waals surface area contributed by atoms with E-state index in [2.05, 4.69) is 5.73 Å². The molecule has 0 saturated heterocycles. The first-order chi connectivity index (χ1) is 3.39. The molecule has 5 radical (unpaired) electrons. The van der Waals surface area contributed by atoms with E-state index in [9.17, 15) is 0 Å². The van der Waals surface area contributed by atoms with Crippen LogP contribution in [0.3, 0.4) is 0 Å². The Morgan fingerprint density at radius 3 is 1.83 bits per heavy atom. The molecule has 0 saturated carbocycles. The standard InChI is InChI=1S/C6H6N.Na.3H2O.Sb/c7-6-4-2-1-3-5-6;;;;;/h2-5H,7H2;;3*1H2;/p-1. The molecule has 1 rings (SSSR count). The molecular formula is C6H11NNaO3Sb-. The average molecular weight is 290 g/mol. The maximum Gasteiger partial charge on any atom is 0.0363 e. The van der Waals surface area contributed by atoms with Gasteiger partial charge in [-0.15, -0.1) is 5.73 Å². The van der Waals surface area contributed by atoms with E-state index in [1.54, 1.807) is 24.6 Å². The molecule has 0 fully saturated rings. The number of hydrogen-bond acceptors (Lipinski definition) is 2. The fraction of sp³-hybridized carbons (Fsp3) is 0. The molecular weight excluding hydrogens is 279 g/mol. The number of rotatable bonds is 0. The summed E-state index contributed by atoms with van der Waals surface area (Å²) in [6.45, 7) is 0. The SMILES string of the molecule is NC1=CC=C=C[CH]1.O.O.[Na].[OH-].[Sb]. The first kappa shape index (κ1) is 29.3. The predicted molar refractivity (Wildman–Crippen MR) is 49.9 cm³/mol. The van der Waals surface area contributed by atoms with Crippen LogP contribution in [-0.2, 0) is 0 Å². The van der Waals surface area contributed by atoms with Crippen molar-refractivity contribution in [3.8, 4) is 0 Å². The van der Waals surface area contributed by atoms with Crippen molar-refractivity contribution in [1.82, 2.24) is 0 Å². The maximum absolute atomic E-state index is 5.34. The van der Waals surface area contributed by atoms with E-state index >= 15 is 0 Å². The molecule has 1 aliphatic rings. The Labute approximate surface area is 111 Å². The quantitative estimate of drug-likeness (QED) is 0.417. The van der Waals surface area contributed by atoms with Gasteiger partial charge in [0.1, 0.15) is 0 Å². The topological polar surface area (TPSA) is 119 Å². The predicted octanol–water partition coefficient (Wildman–Crippen LogP) is -1.83. The van der Waals surface area contributed by atoms with Crippen molar-refractivity contribution in [3.63, 3.8) is 0 Å². The number of allylic oxidation sites excluding steroid dienone is 2. The molecule has 0 unspecified atom stereocenters. The smallest absolute Gasteiger partial charge is 0.0363 e. The van der Waals surface area contributed by atoms with Crippen molar-refractivity contribution < 1.29 is 16.4 Å². The molecule has 0 aromatic carbocycles. The molecule has 0 atom stereocenters. The van der Waals surface area contributed by atoms with Gasteiger partial charge >= 0.3 is 0 Å². The third-order valence-electron chi connectivity index (χ3n) is 0.744. The third-order valence-corrected chi connectivity index (χ3v) is 0.744. The molecule has 65 valence electrons. The zero-order valence-electron chi connectivity index (χ0n) is 6.78. The summed E-state index contributed by atoms with van der Waals surface area (Å²) >= 11 is 0. The van der Waals surface area contributed by atoms with Crippen LogP contribution in [0, 0.1) is 6.42 Å². The summed E-state index contributed by atoms with van der Waals surface area (Å²) in [6, 6.07) is 0. The van der Waals surface area contributed by atoms with Gasteiger partial charge < -0.3 is 22.2 Å². The Kier molecular flexibility index (Phi) is 43.3. The van der Waals surface area contributed by atoms with Gasteiger partial charge in [-0.3, -0.25) is 0 Å². The van der Waals surface area contributed by atoms with E-state index < -0.39 is 0 Å². The molecule has 0 bridgehead atoms. The van der Waals surface area contributed by atoms with E-state index in [4.69, 9.17) is 5.73 Å². The van der Waals surface area contributed by atoms with Gasteiger partial charge in [-0.05, 0) is 18.2 Å². The van der Waals surface area contributed by atoms with Crippen LogP contribution in [0.4, 0.5) is 0 Å². The van der Waals surface area contributed by atoms with Crippen LogP contribution in [0.15, 0.2) is 29.7 Å². The Bertz CT molecular complexity index is 166. The van der Waals surface area contributed by atoms with E-state index in [1.807, 2.05) is 0 Å². The van der Waals surface area contributed by atoms with Gasteiger partial charge in [-0.1, -0.05) is 0 Å². The number of nitrogens with two attached hydrogens (primary N) is 1. The molecule has 1 aliphatic carbocycles. The summed E-state index contributed by atoms with van der Waals surface area (Å²) in [5.74, 6) is 0. The summed E-state index contributed by atoms with van der Waals surface area (Å²) in [7, 11) is 0. The summed E-state index contributed by atoms with van der Waals surface area (Å²) in [5, 5.41) is 0. The Morgan fingerprint density at radius 2 is 1.67 bits per heavy atom. The van der Waals surface area contributed by atoms with E-state index in [-0.39, 0.29) is 70.4 Å². The Morgan fingerprint density at radius 1 is 1.17 bits per heavy atom. The first-order valence-corrected chi connectivity index (χ1v) is 2.11. The Hall–Kier alpha value is 0.758. The minimum atomic E-state index is 0. The maximum atomic E-state index is 5.34. The molecule has 0 aromatic rings. The van der Waals surface area contributed by atoms with Gasteiger partial charge in [0.2, 0.25) is 0 Å². The summed E-state index contributed by atoms with van der Waals surface area (Å²) in [4.78, 5) is 0. The van der Waals surface area contributed by atoms with Crippen molar-refractivity contribution in [2.24, 2.45) is 5.73 Å². The van der Waals surface area contributed by atoms with Crippen LogP contribution in [0.1, 0.15) is 0 Å². The van der Waals surface area contributed by atoms with E-state index in [0.29, 0.717) is 0 Å². The van der Waals surface area contributed by atoms with Crippen molar-refractivity contribution in [1.29, 1.82) is 0 Å². The molecule has 0 aromatic heterocycles. The van der Waals surface area contributed by atoms with Gasteiger partial charge in [-0.25, -0.2) is 0 Å². The minimum Gasteiger partial charge on any atom is -0.870 e. The van der Waals surface area contributed by atoms with Crippen LogP contribution >= 0.6 is 0 Å². The normalized spacial score (nSPS) is 9.83. The van der Waals surface area contributed by atoms with Crippen LogP contribution in [0.2, 0.25) is 0 Å². The summed E-state index contributed by atoms with van der Waals surface area (Å²) < 4.78 is 0. The van der Waals surface area contributed by atoms with Gasteiger partial charge in [0.25, 0.3) is 0 Å². The number of hydrogen-bond donors (Lipinski definition) is 1. The second-order valence-electron chi connectivity index (χ2n) is 1.33. The monoisotopic (exact) mass is 289 g/mol. The van der Waals surface area contributed by atoms with Gasteiger partial charge in [0, 0.05) is 66.1 Å². The third kappa shape index (κ3) is 13.4. The molecule has 0 aliphatic heterocycles. The molecule has 12 heavy (non-hydrogen) atoms. The van der Waals surface area contributed by atoms with Crippen molar-refractivity contribution in [2.45, 2.75) is 0 Å². The molecule has 0 amide bonds. The first-order valence-electron chi connectivity index (χ1n) is 2.11. The van der Waals surface area contributed by atoms with E-state index in [1.165, 1.54) is 0 Å². The van der Waals surface area contributed by atoms with Crippen molar-refractivity contribution in [2.75, 3.05) is 0 Å². The molecule has 0 spiro atoms. The zero-order valence-corrected chi connectivity index (χ0v) is 11.3. The zero-order chi connectivity index (χ0) is 5.11. The average Bonchev–Trinajstić information content (AvgIpc) is 1.69. The second-order valence-corrected chi connectivity index (χ2v) is 1.33. The molecule has 4 nitrogen and oxygen atoms in total. The van der Waals surface area contributed by atoms with Crippen LogP contribution in [0.25, 0.3) is 0 Å². The van der Waals surface area contributed by atoms with Gasteiger partial charge in [0.15, 0.2) is 0 Å². The molecule has 6 heteroatoms. The van der Waals surface area contributed by atoms with E-state index in [0.717, 1.165) is 5.70 Å². The molecule has 7 N–H and O–H groups in total. The van der Waals surface area contributed by atoms with Gasteiger partial charge in [0.05, 0.1) is 0 Å². The second kappa shape index (κ2) is 17.7. The Balaban J connectivity index is -0.0000000327.